The van der Waals surface area contributed by atoms with Crippen LogP contribution in [0, 0.1) is 0 Å². The number of anilines is 1. The number of hydrogen-bond donors (Lipinski definition) is 0. The highest BCUT2D eigenvalue weighted by Crippen LogP contribution is 2.37. The van der Waals surface area contributed by atoms with Crippen LogP contribution in [-0.4, -0.2) is 13.1 Å². The summed E-state index contributed by atoms with van der Waals surface area (Å²) in [5, 5.41) is 0.428. The van der Waals surface area contributed by atoms with E-state index in [1.54, 1.807) is 17.0 Å². The predicted molar refractivity (Wildman–Crippen MR) is 76.9 cm³/mol. The maximum absolute atomic E-state index is 13.1. The Kier molecular flexibility index (Phi) is 6.17. The molecule has 0 saturated heterocycles. The molecule has 0 radical (unpaired) electrons. The van der Waals surface area contributed by atoms with E-state index in [0.717, 1.165) is 12.8 Å². The molecule has 0 amide bonds. The molecular weight excluding hydrogens is 319 g/mol. The first-order valence-corrected chi connectivity index (χ1v) is 7.57. The van der Waals surface area contributed by atoms with Gasteiger partial charge in [-0.05, 0) is 31.0 Å². The minimum atomic E-state index is -4.31. The highest BCUT2D eigenvalue weighted by atomic mass is 79.9. The molecule has 0 unspecified atom stereocenters. The van der Waals surface area contributed by atoms with Crippen LogP contribution in [0.4, 0.5) is 18.9 Å². The number of halogens is 4. The fourth-order valence-corrected chi connectivity index (χ4v) is 2.32. The second-order valence-corrected chi connectivity index (χ2v) is 4.98. The van der Waals surface area contributed by atoms with Crippen LogP contribution < -0.4 is 4.90 Å². The van der Waals surface area contributed by atoms with Crippen LogP contribution in [0.1, 0.15) is 37.8 Å². The lowest BCUT2D eigenvalue weighted by molar-refractivity contribution is -0.137. The molecule has 0 atom stereocenters. The Morgan fingerprint density at radius 3 is 2.37 bits per heavy atom. The van der Waals surface area contributed by atoms with E-state index in [2.05, 4.69) is 15.9 Å². The monoisotopic (exact) mass is 337 g/mol. The number of nitrogens with zero attached hydrogens (tertiary/aromatic N) is 1. The fourth-order valence-electron chi connectivity index (χ4n) is 1.97. The molecule has 0 fully saturated rings. The molecule has 0 heterocycles. The number of rotatable bonds is 6. The molecule has 1 rings (SSSR count). The van der Waals surface area contributed by atoms with Gasteiger partial charge in [0.25, 0.3) is 0 Å². The Labute approximate surface area is 120 Å². The van der Waals surface area contributed by atoms with Crippen LogP contribution in [0.3, 0.4) is 0 Å². The predicted octanol–water partition coefficient (Wildman–Crippen LogP) is 5.23. The first kappa shape index (κ1) is 16.3. The third kappa shape index (κ3) is 4.41. The standard InChI is InChI=1S/C14H19BrF3N/c1-3-5-8-19(4-2)13-7-6-11(10-15)9-12(13)14(16,17)18/h6-7,9H,3-5,8,10H2,1-2H3. The smallest absolute Gasteiger partial charge is 0.371 e. The van der Waals surface area contributed by atoms with E-state index in [-0.39, 0.29) is 5.69 Å². The summed E-state index contributed by atoms with van der Waals surface area (Å²) < 4.78 is 39.4. The second kappa shape index (κ2) is 7.17. The molecule has 0 spiro atoms. The Hall–Kier alpha value is -0.710. The third-order valence-corrected chi connectivity index (χ3v) is 3.67. The van der Waals surface area contributed by atoms with Gasteiger partial charge in [-0.1, -0.05) is 35.3 Å². The van der Waals surface area contributed by atoms with Crippen molar-refractivity contribution < 1.29 is 13.2 Å². The lowest BCUT2D eigenvalue weighted by Crippen LogP contribution is -2.26. The lowest BCUT2D eigenvalue weighted by atomic mass is 10.1. The largest absolute Gasteiger partial charge is 0.418 e. The van der Waals surface area contributed by atoms with Crippen LogP contribution >= 0.6 is 15.9 Å². The maximum Gasteiger partial charge on any atom is 0.418 e. The van der Waals surface area contributed by atoms with Crippen molar-refractivity contribution in [1.29, 1.82) is 0 Å². The Bertz CT molecular complexity index is 404. The molecule has 0 aromatic heterocycles. The zero-order chi connectivity index (χ0) is 14.5. The van der Waals surface area contributed by atoms with E-state index < -0.39 is 11.7 Å². The first-order valence-electron chi connectivity index (χ1n) is 6.45. The quantitative estimate of drug-likeness (QED) is 0.642. The highest BCUT2D eigenvalue weighted by molar-refractivity contribution is 9.08. The number of alkyl halides is 4. The van der Waals surface area contributed by atoms with Gasteiger partial charge in [-0.3, -0.25) is 0 Å². The fraction of sp³-hybridized carbons (Fsp3) is 0.571. The van der Waals surface area contributed by atoms with Gasteiger partial charge in [0.15, 0.2) is 0 Å². The molecule has 1 aromatic rings. The van der Waals surface area contributed by atoms with Gasteiger partial charge < -0.3 is 4.90 Å². The molecule has 1 aromatic carbocycles. The number of unbranched alkanes of at least 4 members (excludes halogenated alkanes) is 1. The molecule has 1 nitrogen and oxygen atoms in total. The molecule has 19 heavy (non-hydrogen) atoms. The zero-order valence-electron chi connectivity index (χ0n) is 11.2. The van der Waals surface area contributed by atoms with Gasteiger partial charge in [-0.15, -0.1) is 0 Å². The minimum absolute atomic E-state index is 0.285. The Balaban J connectivity index is 3.17. The minimum Gasteiger partial charge on any atom is -0.371 e. The molecule has 0 aliphatic heterocycles. The SMILES string of the molecule is CCCCN(CC)c1ccc(CBr)cc1C(F)(F)F. The average molecular weight is 338 g/mol. The van der Waals surface area contributed by atoms with E-state index in [0.29, 0.717) is 24.0 Å². The highest BCUT2D eigenvalue weighted by Gasteiger charge is 2.34. The lowest BCUT2D eigenvalue weighted by Gasteiger charge is -2.26. The van der Waals surface area contributed by atoms with E-state index in [4.69, 9.17) is 0 Å². The third-order valence-electron chi connectivity index (χ3n) is 3.02. The molecule has 5 heteroatoms. The van der Waals surface area contributed by atoms with Gasteiger partial charge in [0.2, 0.25) is 0 Å². The van der Waals surface area contributed by atoms with Gasteiger partial charge >= 0.3 is 6.18 Å². The van der Waals surface area contributed by atoms with Crippen LogP contribution in [-0.2, 0) is 11.5 Å². The summed E-state index contributed by atoms with van der Waals surface area (Å²) in [6.45, 7) is 5.15. The van der Waals surface area contributed by atoms with Crippen LogP contribution in [0.2, 0.25) is 0 Å². The second-order valence-electron chi connectivity index (χ2n) is 4.42. The topological polar surface area (TPSA) is 3.24 Å². The van der Waals surface area contributed by atoms with Gasteiger partial charge in [0.1, 0.15) is 0 Å². The number of hydrogen-bond acceptors (Lipinski definition) is 1. The van der Waals surface area contributed by atoms with Crippen LogP contribution in [0.15, 0.2) is 18.2 Å². The van der Waals surface area contributed by atoms with Crippen molar-refractivity contribution >= 4 is 21.6 Å². The average Bonchev–Trinajstić information content (AvgIpc) is 2.38. The van der Waals surface area contributed by atoms with Crippen molar-refractivity contribution in [2.45, 2.75) is 38.2 Å². The van der Waals surface area contributed by atoms with E-state index >= 15 is 0 Å². The summed E-state index contributed by atoms with van der Waals surface area (Å²) in [7, 11) is 0. The van der Waals surface area contributed by atoms with Crippen molar-refractivity contribution in [3.63, 3.8) is 0 Å². The van der Waals surface area contributed by atoms with Crippen molar-refractivity contribution in [3.05, 3.63) is 29.3 Å². The molecule has 0 aliphatic rings. The molecule has 0 bridgehead atoms. The van der Waals surface area contributed by atoms with Gasteiger partial charge in [-0.25, -0.2) is 0 Å². The normalized spacial score (nSPS) is 11.7. The van der Waals surface area contributed by atoms with Crippen molar-refractivity contribution in [3.8, 4) is 0 Å². The van der Waals surface area contributed by atoms with Gasteiger partial charge in [0, 0.05) is 24.1 Å². The van der Waals surface area contributed by atoms with Crippen molar-refractivity contribution in [1.82, 2.24) is 0 Å². The maximum atomic E-state index is 13.1. The summed E-state index contributed by atoms with van der Waals surface area (Å²) >= 11 is 3.20. The molecule has 0 aliphatic carbocycles. The van der Waals surface area contributed by atoms with Crippen LogP contribution in [0.25, 0.3) is 0 Å². The molecular formula is C14H19BrF3N. The van der Waals surface area contributed by atoms with E-state index in [9.17, 15) is 13.2 Å². The molecule has 0 N–H and O–H groups in total. The zero-order valence-corrected chi connectivity index (χ0v) is 12.8. The van der Waals surface area contributed by atoms with Crippen molar-refractivity contribution in [2.75, 3.05) is 18.0 Å². The summed E-state index contributed by atoms with van der Waals surface area (Å²) in [6, 6.07) is 4.56. The summed E-state index contributed by atoms with van der Waals surface area (Å²) in [5.41, 5.74) is 0.387. The van der Waals surface area contributed by atoms with E-state index in [1.807, 2.05) is 13.8 Å². The van der Waals surface area contributed by atoms with E-state index in [1.165, 1.54) is 6.07 Å². The Morgan fingerprint density at radius 2 is 1.89 bits per heavy atom. The number of benzene rings is 1. The molecule has 108 valence electrons. The van der Waals surface area contributed by atoms with Gasteiger partial charge in [-0.2, -0.15) is 13.2 Å². The molecule has 0 saturated carbocycles. The van der Waals surface area contributed by atoms with Crippen LogP contribution in [0.5, 0.6) is 0 Å². The Morgan fingerprint density at radius 1 is 1.21 bits per heavy atom. The van der Waals surface area contributed by atoms with Crippen molar-refractivity contribution in [2.24, 2.45) is 0 Å². The van der Waals surface area contributed by atoms with Gasteiger partial charge in [0.05, 0.1) is 5.56 Å². The summed E-state index contributed by atoms with van der Waals surface area (Å²) in [4.78, 5) is 1.80. The summed E-state index contributed by atoms with van der Waals surface area (Å²) in [6.07, 6.45) is -2.45. The summed E-state index contributed by atoms with van der Waals surface area (Å²) in [5.74, 6) is 0. The first-order chi connectivity index (χ1) is 8.93.